The Bertz CT molecular complexity index is 667. The van der Waals surface area contributed by atoms with Gasteiger partial charge in [-0.25, -0.2) is 4.98 Å². The molecule has 0 aliphatic heterocycles. The molecule has 2 heterocycles. The Morgan fingerprint density at radius 3 is 2.79 bits per heavy atom. The summed E-state index contributed by atoms with van der Waals surface area (Å²) < 4.78 is 7.74. The zero-order valence-corrected chi connectivity index (χ0v) is 11.3. The van der Waals surface area contributed by atoms with Crippen LogP contribution in [0, 0.1) is 0 Å². The SMILES string of the molecule is CCC(C)c1nc2ccccc2n1Cc1ccco1. The van der Waals surface area contributed by atoms with Gasteiger partial charge in [0.15, 0.2) is 0 Å². The fourth-order valence-electron chi connectivity index (χ4n) is 2.38. The Balaban J connectivity index is 2.13. The van der Waals surface area contributed by atoms with Gasteiger partial charge >= 0.3 is 0 Å². The third kappa shape index (κ3) is 2.16. The van der Waals surface area contributed by atoms with Crippen molar-refractivity contribution in [1.29, 1.82) is 0 Å². The molecule has 1 unspecified atom stereocenters. The molecule has 19 heavy (non-hydrogen) atoms. The summed E-state index contributed by atoms with van der Waals surface area (Å²) in [5, 5.41) is 0. The van der Waals surface area contributed by atoms with Crippen molar-refractivity contribution in [3.8, 4) is 0 Å². The first-order valence-corrected chi connectivity index (χ1v) is 6.77. The number of furan rings is 1. The molecular formula is C16H18N2O. The van der Waals surface area contributed by atoms with Gasteiger partial charge in [0.2, 0.25) is 0 Å². The Morgan fingerprint density at radius 1 is 1.21 bits per heavy atom. The zero-order chi connectivity index (χ0) is 13.2. The van der Waals surface area contributed by atoms with Crippen LogP contribution in [0.5, 0.6) is 0 Å². The number of para-hydroxylation sites is 2. The van der Waals surface area contributed by atoms with E-state index in [1.807, 2.05) is 18.2 Å². The number of rotatable bonds is 4. The van der Waals surface area contributed by atoms with E-state index in [1.165, 1.54) is 5.52 Å². The number of fused-ring (bicyclic) bond motifs is 1. The number of hydrogen-bond acceptors (Lipinski definition) is 2. The van der Waals surface area contributed by atoms with Crippen LogP contribution in [0.25, 0.3) is 11.0 Å². The van der Waals surface area contributed by atoms with Crippen LogP contribution in [-0.4, -0.2) is 9.55 Å². The minimum absolute atomic E-state index is 0.447. The molecule has 98 valence electrons. The summed E-state index contributed by atoms with van der Waals surface area (Å²) in [6.07, 6.45) is 2.80. The Morgan fingerprint density at radius 2 is 2.05 bits per heavy atom. The van der Waals surface area contributed by atoms with Gasteiger partial charge in [0.05, 0.1) is 23.8 Å². The summed E-state index contributed by atoms with van der Waals surface area (Å²) in [7, 11) is 0. The number of hydrogen-bond donors (Lipinski definition) is 0. The summed E-state index contributed by atoms with van der Waals surface area (Å²) in [4.78, 5) is 4.79. The molecule has 0 bridgehead atoms. The van der Waals surface area contributed by atoms with Crippen molar-refractivity contribution >= 4 is 11.0 Å². The van der Waals surface area contributed by atoms with Crippen molar-refractivity contribution in [2.45, 2.75) is 32.7 Å². The van der Waals surface area contributed by atoms with E-state index in [9.17, 15) is 0 Å². The molecule has 3 aromatic rings. The summed E-state index contributed by atoms with van der Waals surface area (Å²) >= 11 is 0. The van der Waals surface area contributed by atoms with E-state index in [1.54, 1.807) is 6.26 Å². The van der Waals surface area contributed by atoms with E-state index in [2.05, 4.69) is 36.6 Å². The van der Waals surface area contributed by atoms with Crippen LogP contribution < -0.4 is 0 Å². The van der Waals surface area contributed by atoms with Gasteiger partial charge < -0.3 is 8.98 Å². The molecule has 0 fully saturated rings. The van der Waals surface area contributed by atoms with Gasteiger partial charge in [0.25, 0.3) is 0 Å². The van der Waals surface area contributed by atoms with Crippen molar-refractivity contribution in [3.05, 3.63) is 54.2 Å². The highest BCUT2D eigenvalue weighted by Gasteiger charge is 2.15. The molecule has 3 rings (SSSR count). The molecule has 0 amide bonds. The Hall–Kier alpha value is -2.03. The Kier molecular flexibility index (Phi) is 3.11. The van der Waals surface area contributed by atoms with Crippen LogP contribution in [-0.2, 0) is 6.54 Å². The maximum Gasteiger partial charge on any atom is 0.123 e. The van der Waals surface area contributed by atoms with E-state index in [4.69, 9.17) is 9.40 Å². The van der Waals surface area contributed by atoms with Gasteiger partial charge in [-0.1, -0.05) is 26.0 Å². The minimum Gasteiger partial charge on any atom is -0.467 e. The average molecular weight is 254 g/mol. The molecule has 0 saturated heterocycles. The molecular weight excluding hydrogens is 236 g/mol. The van der Waals surface area contributed by atoms with Crippen LogP contribution >= 0.6 is 0 Å². The van der Waals surface area contributed by atoms with E-state index in [0.717, 1.165) is 30.1 Å². The predicted octanol–water partition coefficient (Wildman–Crippen LogP) is 4.19. The second-order valence-electron chi connectivity index (χ2n) is 4.93. The van der Waals surface area contributed by atoms with Crippen LogP contribution in [0.1, 0.15) is 37.8 Å². The smallest absolute Gasteiger partial charge is 0.123 e. The molecule has 0 aliphatic carbocycles. The third-order valence-corrected chi connectivity index (χ3v) is 3.63. The molecule has 0 N–H and O–H groups in total. The topological polar surface area (TPSA) is 31.0 Å². The molecule has 0 spiro atoms. The largest absolute Gasteiger partial charge is 0.467 e. The molecule has 0 radical (unpaired) electrons. The van der Waals surface area contributed by atoms with Crippen molar-refractivity contribution < 1.29 is 4.42 Å². The first-order valence-electron chi connectivity index (χ1n) is 6.77. The van der Waals surface area contributed by atoms with Gasteiger partial charge in [0, 0.05) is 5.92 Å². The van der Waals surface area contributed by atoms with E-state index >= 15 is 0 Å². The standard InChI is InChI=1S/C16H18N2O/c1-3-12(2)16-17-14-8-4-5-9-15(14)18(16)11-13-7-6-10-19-13/h4-10,12H,3,11H2,1-2H3. The number of nitrogens with zero attached hydrogens (tertiary/aromatic N) is 2. The number of aromatic nitrogens is 2. The highest BCUT2D eigenvalue weighted by atomic mass is 16.3. The molecule has 1 aromatic carbocycles. The van der Waals surface area contributed by atoms with Crippen molar-refractivity contribution in [2.75, 3.05) is 0 Å². The molecule has 1 atom stereocenters. The summed E-state index contributed by atoms with van der Waals surface area (Å²) in [6.45, 7) is 5.16. The molecule has 0 saturated carbocycles. The first-order chi connectivity index (χ1) is 9.29. The molecule has 3 nitrogen and oxygen atoms in total. The summed E-state index contributed by atoms with van der Waals surface area (Å²) in [5.74, 6) is 2.55. The van der Waals surface area contributed by atoms with Crippen molar-refractivity contribution in [3.63, 3.8) is 0 Å². The van der Waals surface area contributed by atoms with Gasteiger partial charge in [0.1, 0.15) is 11.6 Å². The molecule has 2 aromatic heterocycles. The van der Waals surface area contributed by atoms with Crippen LogP contribution in [0.4, 0.5) is 0 Å². The van der Waals surface area contributed by atoms with E-state index in [0.29, 0.717) is 5.92 Å². The molecule has 0 aliphatic rings. The van der Waals surface area contributed by atoms with E-state index in [-0.39, 0.29) is 0 Å². The lowest BCUT2D eigenvalue weighted by atomic mass is 10.1. The zero-order valence-electron chi connectivity index (χ0n) is 11.3. The number of imidazole rings is 1. The fraction of sp³-hybridized carbons (Fsp3) is 0.312. The lowest BCUT2D eigenvalue weighted by molar-refractivity contribution is 0.486. The monoisotopic (exact) mass is 254 g/mol. The fourth-order valence-corrected chi connectivity index (χ4v) is 2.38. The molecule has 3 heteroatoms. The van der Waals surface area contributed by atoms with Gasteiger partial charge in [-0.05, 0) is 30.7 Å². The maximum absolute atomic E-state index is 5.48. The van der Waals surface area contributed by atoms with E-state index < -0.39 is 0 Å². The van der Waals surface area contributed by atoms with Crippen molar-refractivity contribution in [2.24, 2.45) is 0 Å². The normalized spacial score (nSPS) is 12.9. The quantitative estimate of drug-likeness (QED) is 0.699. The van der Waals surface area contributed by atoms with Crippen LogP contribution in [0.3, 0.4) is 0 Å². The third-order valence-electron chi connectivity index (χ3n) is 3.63. The van der Waals surface area contributed by atoms with Gasteiger partial charge in [-0.2, -0.15) is 0 Å². The number of benzene rings is 1. The minimum atomic E-state index is 0.447. The first kappa shape index (κ1) is 12.0. The second-order valence-corrected chi connectivity index (χ2v) is 4.93. The average Bonchev–Trinajstić information content (AvgIpc) is 3.07. The highest BCUT2D eigenvalue weighted by Crippen LogP contribution is 2.25. The van der Waals surface area contributed by atoms with Crippen LogP contribution in [0.15, 0.2) is 47.1 Å². The van der Waals surface area contributed by atoms with Crippen LogP contribution in [0.2, 0.25) is 0 Å². The van der Waals surface area contributed by atoms with Gasteiger partial charge in [-0.3, -0.25) is 0 Å². The lowest BCUT2D eigenvalue weighted by Crippen LogP contribution is -2.07. The maximum atomic E-state index is 5.48. The van der Waals surface area contributed by atoms with Crippen molar-refractivity contribution in [1.82, 2.24) is 9.55 Å². The highest BCUT2D eigenvalue weighted by molar-refractivity contribution is 5.76. The Labute approximate surface area is 112 Å². The summed E-state index contributed by atoms with van der Waals surface area (Å²) in [6, 6.07) is 12.2. The summed E-state index contributed by atoms with van der Waals surface area (Å²) in [5.41, 5.74) is 2.23. The van der Waals surface area contributed by atoms with Gasteiger partial charge in [-0.15, -0.1) is 0 Å². The lowest BCUT2D eigenvalue weighted by Gasteiger charge is -2.12. The predicted molar refractivity (Wildman–Crippen MR) is 76.2 cm³/mol. The second kappa shape index (κ2) is 4.92.